The van der Waals surface area contributed by atoms with E-state index < -0.39 is 11.6 Å². The van der Waals surface area contributed by atoms with Gasteiger partial charge in [-0.2, -0.15) is 0 Å². The van der Waals surface area contributed by atoms with Gasteiger partial charge in [0.15, 0.2) is 0 Å². The summed E-state index contributed by atoms with van der Waals surface area (Å²) in [6.45, 7) is 2.22. The van der Waals surface area contributed by atoms with E-state index in [0.29, 0.717) is 37.7 Å². The Bertz CT molecular complexity index is 568. The van der Waals surface area contributed by atoms with Crippen LogP contribution >= 0.6 is 11.3 Å². The summed E-state index contributed by atoms with van der Waals surface area (Å²) in [5.74, 6) is -0.875. The molecule has 2 heterocycles. The average molecular weight is 282 g/mol. The molecule has 100 valence electrons. The Morgan fingerprint density at radius 1 is 1.16 bits per heavy atom. The van der Waals surface area contributed by atoms with Crippen LogP contribution in [0.4, 0.5) is 14.5 Å². The van der Waals surface area contributed by atoms with Gasteiger partial charge in [0.05, 0.1) is 30.1 Å². The van der Waals surface area contributed by atoms with E-state index in [4.69, 9.17) is 4.74 Å². The number of rotatable bonds is 2. The number of hydrogen-bond donors (Lipinski definition) is 0. The largest absolute Gasteiger partial charge is 0.378 e. The van der Waals surface area contributed by atoms with Crippen molar-refractivity contribution in [1.82, 2.24) is 4.98 Å². The molecule has 0 aliphatic carbocycles. The number of nitrogens with zero attached hydrogens (tertiary/aromatic N) is 2. The van der Waals surface area contributed by atoms with Crippen LogP contribution in [0.15, 0.2) is 23.0 Å². The third kappa shape index (κ3) is 2.46. The lowest BCUT2D eigenvalue weighted by Crippen LogP contribution is -2.36. The summed E-state index contributed by atoms with van der Waals surface area (Å²) in [5.41, 5.74) is 2.56. The third-order valence-electron chi connectivity index (χ3n) is 3.10. The fourth-order valence-electron chi connectivity index (χ4n) is 2.12. The van der Waals surface area contributed by atoms with Gasteiger partial charge < -0.3 is 9.64 Å². The number of thiazole rings is 1. The van der Waals surface area contributed by atoms with E-state index in [1.165, 1.54) is 23.5 Å². The predicted octanol–water partition coefficient (Wildman–Crippen LogP) is 2.92. The molecule has 0 N–H and O–H groups in total. The minimum atomic E-state index is -0.450. The van der Waals surface area contributed by atoms with Gasteiger partial charge in [-0.05, 0) is 6.07 Å². The van der Waals surface area contributed by atoms with Gasteiger partial charge >= 0.3 is 0 Å². The maximum atomic E-state index is 14.1. The zero-order valence-electron chi connectivity index (χ0n) is 10.1. The topological polar surface area (TPSA) is 25.4 Å². The normalized spacial score (nSPS) is 15.8. The van der Waals surface area contributed by atoms with Crippen LogP contribution in [0.3, 0.4) is 0 Å². The van der Waals surface area contributed by atoms with Crippen molar-refractivity contribution < 1.29 is 13.5 Å². The van der Waals surface area contributed by atoms with Crippen molar-refractivity contribution in [3.8, 4) is 11.3 Å². The number of hydrogen-bond acceptors (Lipinski definition) is 4. The molecule has 6 heteroatoms. The molecule has 0 radical (unpaired) electrons. The molecule has 1 aliphatic rings. The second-order valence-corrected chi connectivity index (χ2v) is 4.98. The Morgan fingerprint density at radius 3 is 2.63 bits per heavy atom. The first-order chi connectivity index (χ1) is 9.25. The van der Waals surface area contributed by atoms with E-state index in [1.54, 1.807) is 15.8 Å². The van der Waals surface area contributed by atoms with Gasteiger partial charge in [-0.3, -0.25) is 0 Å². The summed E-state index contributed by atoms with van der Waals surface area (Å²) in [6, 6.07) is 2.46. The molecule has 19 heavy (non-hydrogen) atoms. The summed E-state index contributed by atoms with van der Waals surface area (Å²) in [7, 11) is 0. The Labute approximate surface area is 113 Å². The van der Waals surface area contributed by atoms with Crippen LogP contribution in [-0.2, 0) is 4.74 Å². The summed E-state index contributed by atoms with van der Waals surface area (Å²) in [6.07, 6.45) is 0. The van der Waals surface area contributed by atoms with E-state index in [1.807, 2.05) is 0 Å². The van der Waals surface area contributed by atoms with Gasteiger partial charge in [-0.15, -0.1) is 11.3 Å². The van der Waals surface area contributed by atoms with Crippen LogP contribution in [0, 0.1) is 11.6 Å². The molecule has 1 aromatic heterocycles. The number of anilines is 1. The average Bonchev–Trinajstić information content (AvgIpc) is 2.96. The van der Waals surface area contributed by atoms with Crippen LogP contribution in [-0.4, -0.2) is 31.3 Å². The molecular weight excluding hydrogens is 270 g/mol. The van der Waals surface area contributed by atoms with Crippen molar-refractivity contribution in [2.24, 2.45) is 0 Å². The van der Waals surface area contributed by atoms with Crippen molar-refractivity contribution in [2.45, 2.75) is 0 Å². The van der Waals surface area contributed by atoms with Crippen molar-refractivity contribution in [2.75, 3.05) is 31.2 Å². The highest BCUT2D eigenvalue weighted by molar-refractivity contribution is 7.07. The molecule has 0 unspecified atom stereocenters. The second kappa shape index (κ2) is 5.22. The van der Waals surface area contributed by atoms with Crippen LogP contribution in [0.2, 0.25) is 0 Å². The quantitative estimate of drug-likeness (QED) is 0.847. The molecule has 0 saturated carbocycles. The Morgan fingerprint density at radius 2 is 1.95 bits per heavy atom. The number of halogens is 2. The molecule has 3 rings (SSSR count). The molecule has 0 spiro atoms. The monoisotopic (exact) mass is 282 g/mol. The molecule has 3 nitrogen and oxygen atoms in total. The molecule has 0 bridgehead atoms. The zero-order valence-corrected chi connectivity index (χ0v) is 10.9. The molecule has 1 fully saturated rings. The minimum Gasteiger partial charge on any atom is -0.378 e. The molecule has 2 aromatic rings. The van der Waals surface area contributed by atoms with Crippen molar-refractivity contribution in [3.05, 3.63) is 34.7 Å². The lowest BCUT2D eigenvalue weighted by Gasteiger charge is -2.29. The number of aromatic nitrogens is 1. The highest BCUT2D eigenvalue weighted by atomic mass is 32.1. The molecular formula is C13H12F2N2OS. The lowest BCUT2D eigenvalue weighted by atomic mass is 10.1. The van der Waals surface area contributed by atoms with Crippen LogP contribution < -0.4 is 4.90 Å². The summed E-state index contributed by atoms with van der Waals surface area (Å²) >= 11 is 1.35. The molecule has 1 aromatic carbocycles. The highest BCUT2D eigenvalue weighted by Gasteiger charge is 2.19. The number of benzene rings is 1. The van der Waals surface area contributed by atoms with Gasteiger partial charge in [0.1, 0.15) is 11.6 Å². The van der Waals surface area contributed by atoms with Crippen molar-refractivity contribution >= 4 is 17.0 Å². The summed E-state index contributed by atoms with van der Waals surface area (Å²) in [5, 5.41) is 1.70. The van der Waals surface area contributed by atoms with E-state index in [9.17, 15) is 8.78 Å². The summed E-state index contributed by atoms with van der Waals surface area (Å²) in [4.78, 5) is 5.81. The van der Waals surface area contributed by atoms with Crippen molar-refractivity contribution in [3.63, 3.8) is 0 Å². The van der Waals surface area contributed by atoms with Crippen LogP contribution in [0.1, 0.15) is 0 Å². The second-order valence-electron chi connectivity index (χ2n) is 4.26. The molecule has 1 aliphatic heterocycles. The Balaban J connectivity index is 1.97. The predicted molar refractivity (Wildman–Crippen MR) is 70.5 cm³/mol. The zero-order chi connectivity index (χ0) is 13.2. The van der Waals surface area contributed by atoms with Gasteiger partial charge in [0, 0.05) is 30.1 Å². The fourth-order valence-corrected chi connectivity index (χ4v) is 2.68. The van der Waals surface area contributed by atoms with Gasteiger partial charge in [0.2, 0.25) is 0 Å². The van der Waals surface area contributed by atoms with E-state index >= 15 is 0 Å². The number of morpholine rings is 1. The molecule has 0 atom stereocenters. The molecule has 1 saturated heterocycles. The lowest BCUT2D eigenvalue weighted by molar-refractivity contribution is 0.122. The van der Waals surface area contributed by atoms with Gasteiger partial charge in [-0.1, -0.05) is 0 Å². The smallest absolute Gasteiger partial charge is 0.147 e. The maximum absolute atomic E-state index is 14.1. The Kier molecular flexibility index (Phi) is 3.44. The van der Waals surface area contributed by atoms with Gasteiger partial charge in [0.25, 0.3) is 0 Å². The van der Waals surface area contributed by atoms with E-state index in [-0.39, 0.29) is 5.56 Å². The SMILES string of the molecule is Fc1cc(N2CCOCC2)c(F)cc1-c1cscn1. The van der Waals surface area contributed by atoms with Crippen molar-refractivity contribution in [1.29, 1.82) is 0 Å². The van der Waals surface area contributed by atoms with Crippen LogP contribution in [0.25, 0.3) is 11.3 Å². The van der Waals surface area contributed by atoms with Gasteiger partial charge in [-0.25, -0.2) is 13.8 Å². The first kappa shape index (κ1) is 12.5. The van der Waals surface area contributed by atoms with E-state index in [2.05, 4.69) is 4.98 Å². The standard InChI is InChI=1S/C13H12F2N2OS/c14-10-6-13(17-1-3-18-4-2-17)11(15)5-9(10)12-7-19-8-16-12/h5-8H,1-4H2. The van der Waals surface area contributed by atoms with E-state index in [0.717, 1.165) is 0 Å². The Hall–Kier alpha value is -1.53. The van der Waals surface area contributed by atoms with Crippen LogP contribution in [0.5, 0.6) is 0 Å². The minimum absolute atomic E-state index is 0.204. The number of ether oxygens (including phenoxy) is 1. The molecule has 0 amide bonds. The fraction of sp³-hybridized carbons (Fsp3) is 0.308. The first-order valence-electron chi connectivity index (χ1n) is 5.96. The summed E-state index contributed by atoms with van der Waals surface area (Å²) < 4.78 is 33.4. The third-order valence-corrected chi connectivity index (χ3v) is 3.68. The first-order valence-corrected chi connectivity index (χ1v) is 6.90. The highest BCUT2D eigenvalue weighted by Crippen LogP contribution is 2.29. The maximum Gasteiger partial charge on any atom is 0.147 e.